The number of carbonyl (C=O) groups is 1. The summed E-state index contributed by atoms with van der Waals surface area (Å²) in [5, 5.41) is 0.869. The lowest BCUT2D eigenvalue weighted by molar-refractivity contribution is -0.143. The Bertz CT molecular complexity index is 135. The van der Waals surface area contributed by atoms with Crippen LogP contribution in [0.15, 0.2) is 0 Å². The highest BCUT2D eigenvalue weighted by molar-refractivity contribution is 9.09. The fourth-order valence-electron chi connectivity index (χ4n) is 0.961. The summed E-state index contributed by atoms with van der Waals surface area (Å²) in [7, 11) is 0. The molecule has 0 atom stereocenters. The van der Waals surface area contributed by atoms with Crippen molar-refractivity contribution >= 4 is 21.9 Å². The molecule has 0 radical (unpaired) electrons. The lowest BCUT2D eigenvalue weighted by Gasteiger charge is -2.05. The first kappa shape index (κ1) is 12.9. The van der Waals surface area contributed by atoms with E-state index in [0.717, 1.165) is 24.6 Å². The second-order valence-electron chi connectivity index (χ2n) is 3.55. The minimum Gasteiger partial charge on any atom is -0.466 e. The molecular weight excluding hydrogens is 232 g/mol. The molecule has 0 aromatic heterocycles. The number of ether oxygens (including phenoxy) is 1. The Morgan fingerprint density at radius 3 is 2.62 bits per heavy atom. The first-order chi connectivity index (χ1) is 6.16. The number of rotatable bonds is 7. The van der Waals surface area contributed by atoms with Gasteiger partial charge >= 0.3 is 5.97 Å². The predicted octanol–water partition coefficient (Wildman–Crippen LogP) is 3.14. The van der Waals surface area contributed by atoms with Gasteiger partial charge in [0.1, 0.15) is 0 Å². The molecule has 0 unspecified atom stereocenters. The SMILES string of the molecule is CC(C)CCCOC(=O)CCCBr. The van der Waals surface area contributed by atoms with Crippen LogP contribution < -0.4 is 0 Å². The number of esters is 1. The van der Waals surface area contributed by atoms with Gasteiger partial charge in [0.15, 0.2) is 0 Å². The molecule has 13 heavy (non-hydrogen) atoms. The highest BCUT2D eigenvalue weighted by Crippen LogP contribution is 2.04. The zero-order valence-electron chi connectivity index (χ0n) is 8.51. The van der Waals surface area contributed by atoms with Gasteiger partial charge in [-0.1, -0.05) is 29.8 Å². The number of carbonyl (C=O) groups excluding carboxylic acids is 1. The number of hydrogen-bond donors (Lipinski definition) is 0. The minimum atomic E-state index is -0.0665. The van der Waals surface area contributed by atoms with Crippen molar-refractivity contribution in [1.82, 2.24) is 0 Å². The van der Waals surface area contributed by atoms with Gasteiger partial charge < -0.3 is 4.74 Å². The minimum absolute atomic E-state index is 0.0665. The first-order valence-corrected chi connectivity index (χ1v) is 6.00. The molecule has 0 heterocycles. The van der Waals surface area contributed by atoms with E-state index in [1.165, 1.54) is 0 Å². The van der Waals surface area contributed by atoms with E-state index in [9.17, 15) is 4.79 Å². The van der Waals surface area contributed by atoms with E-state index in [1.54, 1.807) is 0 Å². The smallest absolute Gasteiger partial charge is 0.305 e. The van der Waals surface area contributed by atoms with Crippen LogP contribution in [0.25, 0.3) is 0 Å². The molecule has 0 amide bonds. The zero-order chi connectivity index (χ0) is 10.1. The summed E-state index contributed by atoms with van der Waals surface area (Å²) in [6, 6.07) is 0. The van der Waals surface area contributed by atoms with Crippen LogP contribution in [0.2, 0.25) is 0 Å². The summed E-state index contributed by atoms with van der Waals surface area (Å²) >= 11 is 3.27. The molecule has 0 fully saturated rings. The van der Waals surface area contributed by atoms with Crippen LogP contribution in [0, 0.1) is 5.92 Å². The summed E-state index contributed by atoms with van der Waals surface area (Å²) in [4.78, 5) is 11.0. The Labute approximate surface area is 89.2 Å². The van der Waals surface area contributed by atoms with Crippen LogP contribution in [0.3, 0.4) is 0 Å². The topological polar surface area (TPSA) is 26.3 Å². The highest BCUT2D eigenvalue weighted by Gasteiger charge is 2.01. The highest BCUT2D eigenvalue weighted by atomic mass is 79.9. The van der Waals surface area contributed by atoms with E-state index in [0.29, 0.717) is 18.9 Å². The number of alkyl halides is 1. The van der Waals surface area contributed by atoms with E-state index in [2.05, 4.69) is 29.8 Å². The average Bonchev–Trinajstić information content (AvgIpc) is 2.08. The van der Waals surface area contributed by atoms with Crippen molar-refractivity contribution in [2.75, 3.05) is 11.9 Å². The first-order valence-electron chi connectivity index (χ1n) is 4.88. The third-order valence-electron chi connectivity index (χ3n) is 1.70. The van der Waals surface area contributed by atoms with Gasteiger partial charge in [-0.2, -0.15) is 0 Å². The number of halogens is 1. The van der Waals surface area contributed by atoms with Crippen molar-refractivity contribution in [2.45, 2.75) is 39.5 Å². The van der Waals surface area contributed by atoms with Gasteiger partial charge in [-0.15, -0.1) is 0 Å². The van der Waals surface area contributed by atoms with Crippen LogP contribution in [-0.4, -0.2) is 17.9 Å². The van der Waals surface area contributed by atoms with Crippen LogP contribution >= 0.6 is 15.9 Å². The largest absolute Gasteiger partial charge is 0.466 e. The summed E-state index contributed by atoms with van der Waals surface area (Å²) < 4.78 is 5.03. The second-order valence-corrected chi connectivity index (χ2v) is 4.34. The number of hydrogen-bond acceptors (Lipinski definition) is 2. The van der Waals surface area contributed by atoms with Crippen LogP contribution in [-0.2, 0) is 9.53 Å². The summed E-state index contributed by atoms with van der Waals surface area (Å²) in [5.74, 6) is 0.629. The summed E-state index contributed by atoms with van der Waals surface area (Å²) in [5.41, 5.74) is 0. The maximum absolute atomic E-state index is 11.0. The molecular formula is C10H19BrO2. The van der Waals surface area contributed by atoms with Crippen molar-refractivity contribution < 1.29 is 9.53 Å². The molecule has 0 aromatic carbocycles. The standard InChI is InChI=1S/C10H19BrO2/c1-9(2)5-4-8-13-10(12)6-3-7-11/h9H,3-8H2,1-2H3. The molecule has 0 aliphatic rings. The van der Waals surface area contributed by atoms with Gasteiger partial charge in [-0.3, -0.25) is 4.79 Å². The van der Waals surface area contributed by atoms with Crippen molar-refractivity contribution in [3.63, 3.8) is 0 Å². The van der Waals surface area contributed by atoms with Crippen molar-refractivity contribution in [3.05, 3.63) is 0 Å². The molecule has 0 saturated heterocycles. The molecule has 0 N–H and O–H groups in total. The van der Waals surface area contributed by atoms with E-state index < -0.39 is 0 Å². The van der Waals surface area contributed by atoms with Crippen molar-refractivity contribution in [3.8, 4) is 0 Å². The lowest BCUT2D eigenvalue weighted by atomic mass is 10.1. The fourth-order valence-corrected chi connectivity index (χ4v) is 1.24. The molecule has 3 heteroatoms. The van der Waals surface area contributed by atoms with Crippen molar-refractivity contribution in [1.29, 1.82) is 0 Å². The lowest BCUT2D eigenvalue weighted by Crippen LogP contribution is -2.06. The molecule has 0 spiro atoms. The van der Waals surface area contributed by atoms with E-state index in [4.69, 9.17) is 4.74 Å². The quantitative estimate of drug-likeness (QED) is 0.394. The average molecular weight is 251 g/mol. The van der Waals surface area contributed by atoms with E-state index in [-0.39, 0.29) is 5.97 Å². The second kappa shape index (κ2) is 8.54. The van der Waals surface area contributed by atoms with Gasteiger partial charge in [0.2, 0.25) is 0 Å². The Hall–Kier alpha value is -0.0500. The maximum Gasteiger partial charge on any atom is 0.305 e. The molecule has 0 rings (SSSR count). The monoisotopic (exact) mass is 250 g/mol. The molecule has 2 nitrogen and oxygen atoms in total. The van der Waals surface area contributed by atoms with Gasteiger partial charge in [0.25, 0.3) is 0 Å². The van der Waals surface area contributed by atoms with E-state index >= 15 is 0 Å². The van der Waals surface area contributed by atoms with Gasteiger partial charge in [0, 0.05) is 11.8 Å². The third-order valence-corrected chi connectivity index (χ3v) is 2.26. The van der Waals surface area contributed by atoms with Gasteiger partial charge in [-0.05, 0) is 25.2 Å². The van der Waals surface area contributed by atoms with Crippen LogP contribution in [0.5, 0.6) is 0 Å². The fraction of sp³-hybridized carbons (Fsp3) is 0.900. The third kappa shape index (κ3) is 9.87. The van der Waals surface area contributed by atoms with Gasteiger partial charge in [0.05, 0.1) is 6.61 Å². The normalized spacial score (nSPS) is 10.5. The Morgan fingerprint density at radius 1 is 1.38 bits per heavy atom. The molecule has 0 aromatic rings. The molecule has 0 aliphatic heterocycles. The van der Waals surface area contributed by atoms with Gasteiger partial charge in [-0.25, -0.2) is 0 Å². The predicted molar refractivity (Wildman–Crippen MR) is 58.1 cm³/mol. The van der Waals surface area contributed by atoms with E-state index in [1.807, 2.05) is 0 Å². The van der Waals surface area contributed by atoms with Crippen LogP contribution in [0.4, 0.5) is 0 Å². The Kier molecular flexibility index (Phi) is 8.51. The maximum atomic E-state index is 11.0. The molecule has 0 aliphatic carbocycles. The Morgan fingerprint density at radius 2 is 2.08 bits per heavy atom. The zero-order valence-corrected chi connectivity index (χ0v) is 10.1. The summed E-state index contributed by atoms with van der Waals surface area (Å²) in [6.45, 7) is 4.93. The van der Waals surface area contributed by atoms with Crippen LogP contribution in [0.1, 0.15) is 39.5 Å². The molecule has 0 saturated carbocycles. The molecule has 0 bridgehead atoms. The van der Waals surface area contributed by atoms with Crippen molar-refractivity contribution in [2.24, 2.45) is 5.92 Å². The Balaban J connectivity index is 3.17. The summed E-state index contributed by atoms with van der Waals surface area (Å²) in [6.07, 6.45) is 3.51. The molecule has 78 valence electrons.